The molecule has 5 rings (SSSR count). The lowest BCUT2D eigenvalue weighted by Gasteiger charge is -2.27. The third kappa shape index (κ3) is 4.88. The average molecular weight is 540 g/mol. The van der Waals surface area contributed by atoms with Crippen LogP contribution < -0.4 is 14.2 Å². The Morgan fingerprint density at radius 3 is 2.50 bits per heavy atom. The smallest absolute Gasteiger partial charge is 0.273 e. The Hall–Kier alpha value is -4.72. The SMILES string of the molecule is C=CCOc1ccc(C2c3c(-c4c(C)cc(C)cc4O)n[nH]c3C(=O)N2CCc2ccc(OC)cc2)cc1OC. The molecule has 2 N–H and O–H groups in total. The third-order valence-corrected chi connectivity index (χ3v) is 7.22. The molecule has 1 aliphatic rings. The second kappa shape index (κ2) is 11.2. The topological polar surface area (TPSA) is 96.9 Å². The number of nitrogens with one attached hydrogen (secondary N) is 1. The largest absolute Gasteiger partial charge is 0.507 e. The van der Waals surface area contributed by atoms with E-state index in [1.807, 2.05) is 67.3 Å². The van der Waals surface area contributed by atoms with Crippen molar-refractivity contribution in [2.45, 2.75) is 26.3 Å². The van der Waals surface area contributed by atoms with Crippen molar-refractivity contribution < 1.29 is 24.1 Å². The number of phenols is 1. The number of phenolic OH excluding ortho intramolecular Hbond substituents is 1. The number of nitrogens with zero attached hydrogens (tertiary/aromatic N) is 2. The monoisotopic (exact) mass is 539 g/mol. The molecule has 206 valence electrons. The quantitative estimate of drug-likeness (QED) is 0.249. The Kier molecular flexibility index (Phi) is 7.51. The molecule has 1 aromatic heterocycles. The highest BCUT2D eigenvalue weighted by Crippen LogP contribution is 2.46. The van der Waals surface area contributed by atoms with E-state index in [2.05, 4.69) is 16.8 Å². The van der Waals surface area contributed by atoms with Gasteiger partial charge in [0, 0.05) is 17.7 Å². The maximum atomic E-state index is 13.8. The number of aromatic amines is 1. The predicted octanol–water partition coefficient (Wildman–Crippen LogP) is 5.77. The minimum atomic E-state index is -0.461. The number of hydrogen-bond acceptors (Lipinski definition) is 6. The molecule has 0 fully saturated rings. The molecule has 0 saturated heterocycles. The fourth-order valence-corrected chi connectivity index (χ4v) is 5.38. The summed E-state index contributed by atoms with van der Waals surface area (Å²) in [7, 11) is 3.22. The molecule has 0 aliphatic carbocycles. The number of H-pyrrole nitrogens is 1. The maximum Gasteiger partial charge on any atom is 0.273 e. The molecule has 0 spiro atoms. The normalized spacial score (nSPS) is 14.2. The molecule has 1 aliphatic heterocycles. The highest BCUT2D eigenvalue weighted by atomic mass is 16.5. The molecular weight excluding hydrogens is 506 g/mol. The first-order valence-electron chi connectivity index (χ1n) is 13.1. The van der Waals surface area contributed by atoms with Crippen LogP contribution in [0.3, 0.4) is 0 Å². The van der Waals surface area contributed by atoms with E-state index in [1.165, 1.54) is 0 Å². The number of aromatic nitrogens is 2. The lowest BCUT2D eigenvalue weighted by Crippen LogP contribution is -2.31. The molecule has 8 nitrogen and oxygen atoms in total. The first-order valence-corrected chi connectivity index (χ1v) is 13.1. The van der Waals surface area contributed by atoms with Gasteiger partial charge in [-0.2, -0.15) is 5.10 Å². The van der Waals surface area contributed by atoms with Gasteiger partial charge >= 0.3 is 0 Å². The summed E-state index contributed by atoms with van der Waals surface area (Å²) in [5, 5.41) is 18.5. The zero-order valence-corrected chi connectivity index (χ0v) is 23.2. The average Bonchev–Trinajstić information content (AvgIpc) is 3.48. The maximum absolute atomic E-state index is 13.8. The third-order valence-electron chi connectivity index (χ3n) is 7.22. The fourth-order valence-electron chi connectivity index (χ4n) is 5.38. The van der Waals surface area contributed by atoms with Gasteiger partial charge in [-0.3, -0.25) is 9.89 Å². The van der Waals surface area contributed by atoms with Crippen molar-refractivity contribution in [3.8, 4) is 34.3 Å². The van der Waals surface area contributed by atoms with Crippen molar-refractivity contribution in [1.82, 2.24) is 15.1 Å². The first kappa shape index (κ1) is 26.9. The minimum absolute atomic E-state index is 0.125. The van der Waals surface area contributed by atoms with Gasteiger partial charge in [0.1, 0.15) is 29.5 Å². The molecule has 1 unspecified atom stereocenters. The van der Waals surface area contributed by atoms with Crippen LogP contribution in [0.1, 0.15) is 44.3 Å². The summed E-state index contributed by atoms with van der Waals surface area (Å²) in [6, 6.07) is 16.8. The molecule has 0 bridgehead atoms. The molecule has 2 heterocycles. The van der Waals surface area contributed by atoms with Crippen LogP contribution in [-0.2, 0) is 6.42 Å². The molecule has 0 radical (unpaired) electrons. The standard InChI is InChI=1S/C32H33N3O5/c1-6-15-40-25-12-9-22(18-26(25)39-5)31-28-29(27-20(3)16-19(2)17-24(27)36)33-34-30(28)32(37)35(31)14-13-21-7-10-23(38-4)11-8-21/h6-12,16-18,31,36H,1,13-15H2,2-5H3,(H,33,34). The Labute approximate surface area is 233 Å². The van der Waals surface area contributed by atoms with E-state index in [0.29, 0.717) is 48.0 Å². The number of ether oxygens (including phenoxy) is 3. The van der Waals surface area contributed by atoms with E-state index in [4.69, 9.17) is 14.2 Å². The number of methoxy groups -OCH3 is 2. The van der Waals surface area contributed by atoms with Crippen molar-refractivity contribution in [2.24, 2.45) is 0 Å². The number of fused-ring (bicyclic) bond motifs is 1. The second-order valence-corrected chi connectivity index (χ2v) is 9.85. The molecule has 1 atom stereocenters. The van der Waals surface area contributed by atoms with Gasteiger partial charge in [-0.1, -0.05) is 36.9 Å². The van der Waals surface area contributed by atoms with E-state index < -0.39 is 6.04 Å². The Balaban J connectivity index is 1.60. The van der Waals surface area contributed by atoms with Crippen LogP contribution in [0.15, 0.2) is 67.3 Å². The van der Waals surface area contributed by atoms with E-state index >= 15 is 0 Å². The van der Waals surface area contributed by atoms with E-state index in [-0.39, 0.29) is 11.7 Å². The van der Waals surface area contributed by atoms with Crippen LogP contribution in [-0.4, -0.2) is 53.5 Å². The van der Waals surface area contributed by atoms with Gasteiger partial charge in [-0.15, -0.1) is 0 Å². The number of hydrogen-bond donors (Lipinski definition) is 2. The number of amides is 1. The molecule has 1 amide bonds. The van der Waals surface area contributed by atoms with Crippen LogP contribution in [0.25, 0.3) is 11.3 Å². The summed E-state index contributed by atoms with van der Waals surface area (Å²) < 4.78 is 16.7. The van der Waals surface area contributed by atoms with Crippen molar-refractivity contribution in [2.75, 3.05) is 27.4 Å². The molecule has 0 saturated carbocycles. The number of benzene rings is 3. The van der Waals surface area contributed by atoms with Gasteiger partial charge in [-0.25, -0.2) is 0 Å². The number of aromatic hydroxyl groups is 1. The second-order valence-electron chi connectivity index (χ2n) is 9.85. The molecule has 40 heavy (non-hydrogen) atoms. The van der Waals surface area contributed by atoms with Crippen molar-refractivity contribution in [3.63, 3.8) is 0 Å². The van der Waals surface area contributed by atoms with Crippen LogP contribution in [0.2, 0.25) is 0 Å². The molecule has 4 aromatic rings. The van der Waals surface area contributed by atoms with Gasteiger partial charge in [0.25, 0.3) is 5.91 Å². The van der Waals surface area contributed by atoms with Crippen LogP contribution in [0, 0.1) is 13.8 Å². The van der Waals surface area contributed by atoms with Crippen molar-refractivity contribution in [1.29, 1.82) is 0 Å². The summed E-state index contributed by atoms with van der Waals surface area (Å²) >= 11 is 0. The van der Waals surface area contributed by atoms with E-state index in [1.54, 1.807) is 26.4 Å². The van der Waals surface area contributed by atoms with Crippen LogP contribution in [0.4, 0.5) is 0 Å². The molecule has 3 aromatic carbocycles. The lowest BCUT2D eigenvalue weighted by atomic mass is 9.93. The Bertz CT molecular complexity index is 1530. The first-order chi connectivity index (χ1) is 19.4. The highest BCUT2D eigenvalue weighted by molar-refractivity contribution is 6.00. The number of aryl methyl sites for hydroxylation is 2. The minimum Gasteiger partial charge on any atom is -0.507 e. The summed E-state index contributed by atoms with van der Waals surface area (Å²) in [6.07, 6.45) is 2.32. The van der Waals surface area contributed by atoms with Crippen LogP contribution in [0.5, 0.6) is 23.0 Å². The number of carbonyl (C=O) groups is 1. The van der Waals surface area contributed by atoms with Crippen molar-refractivity contribution >= 4 is 5.91 Å². The summed E-state index contributed by atoms with van der Waals surface area (Å²) in [5.41, 5.74) is 6.05. The van der Waals surface area contributed by atoms with Gasteiger partial charge in [-0.05, 0) is 72.9 Å². The zero-order valence-electron chi connectivity index (χ0n) is 23.2. The van der Waals surface area contributed by atoms with Crippen LogP contribution >= 0.6 is 0 Å². The van der Waals surface area contributed by atoms with E-state index in [9.17, 15) is 9.90 Å². The number of carbonyl (C=O) groups excluding carboxylic acids is 1. The Morgan fingerprint density at radius 1 is 1.05 bits per heavy atom. The van der Waals surface area contributed by atoms with Gasteiger partial charge in [0.2, 0.25) is 0 Å². The number of rotatable bonds is 10. The van der Waals surface area contributed by atoms with Gasteiger partial charge in [0.05, 0.1) is 20.3 Å². The van der Waals surface area contributed by atoms with Crippen molar-refractivity contribution in [3.05, 3.63) is 101 Å². The summed E-state index contributed by atoms with van der Waals surface area (Å²) in [5.74, 6) is 1.89. The fraction of sp³-hybridized carbons (Fsp3) is 0.250. The lowest BCUT2D eigenvalue weighted by molar-refractivity contribution is 0.0745. The zero-order chi connectivity index (χ0) is 28.4. The van der Waals surface area contributed by atoms with Gasteiger partial charge < -0.3 is 24.2 Å². The Morgan fingerprint density at radius 2 is 1.82 bits per heavy atom. The highest BCUT2D eigenvalue weighted by Gasteiger charge is 2.42. The summed E-state index contributed by atoms with van der Waals surface area (Å²) in [4.78, 5) is 15.7. The summed E-state index contributed by atoms with van der Waals surface area (Å²) in [6.45, 7) is 8.39. The molecular formula is C32H33N3O5. The van der Waals surface area contributed by atoms with Gasteiger partial charge in [0.15, 0.2) is 11.5 Å². The predicted molar refractivity (Wildman–Crippen MR) is 153 cm³/mol. The van der Waals surface area contributed by atoms with E-state index in [0.717, 1.165) is 33.6 Å². The molecule has 8 heteroatoms.